The van der Waals surface area contributed by atoms with Crippen molar-refractivity contribution in [3.63, 3.8) is 0 Å². The topological polar surface area (TPSA) is 70.2 Å². The lowest BCUT2D eigenvalue weighted by Crippen LogP contribution is -2.49. The summed E-state index contributed by atoms with van der Waals surface area (Å²) in [4.78, 5) is 23.8. The molecule has 0 bridgehead atoms. The molecule has 2 rings (SSSR count). The van der Waals surface area contributed by atoms with Crippen LogP contribution in [0.1, 0.15) is 23.2 Å². The lowest BCUT2D eigenvalue weighted by atomic mass is 10.0. The largest absolute Gasteiger partial charge is 0.379 e. The smallest absolute Gasteiger partial charge is 0.254 e. The zero-order valence-electron chi connectivity index (χ0n) is 10.4. The van der Waals surface area contributed by atoms with Gasteiger partial charge in [-0.15, -0.1) is 11.3 Å². The first-order chi connectivity index (χ1) is 9.01. The van der Waals surface area contributed by atoms with E-state index in [1.54, 1.807) is 13.1 Å². The van der Waals surface area contributed by atoms with Crippen molar-refractivity contribution < 1.29 is 9.59 Å². The van der Waals surface area contributed by atoms with Crippen LogP contribution in [0.25, 0.3) is 0 Å². The lowest BCUT2D eigenvalue weighted by Gasteiger charge is -2.24. The van der Waals surface area contributed by atoms with Crippen LogP contribution in [0, 0.1) is 0 Å². The zero-order valence-corrected chi connectivity index (χ0v) is 12.0. The van der Waals surface area contributed by atoms with E-state index in [1.807, 2.05) is 0 Å². The van der Waals surface area contributed by atoms with Gasteiger partial charge in [0.2, 0.25) is 5.91 Å². The molecule has 1 atom stereocenters. The highest BCUT2D eigenvalue weighted by Gasteiger charge is 2.27. The molecule has 102 valence electrons. The molecule has 19 heavy (non-hydrogen) atoms. The molecule has 7 heteroatoms. The summed E-state index contributed by atoms with van der Waals surface area (Å²) in [5.74, 6) is -0.530. The molecule has 0 aromatic carbocycles. The summed E-state index contributed by atoms with van der Waals surface area (Å²) in [6.07, 6.45) is 1.23. The fourth-order valence-electron chi connectivity index (χ4n) is 1.86. The number of thiophene rings is 1. The van der Waals surface area contributed by atoms with Crippen molar-refractivity contribution >= 4 is 39.8 Å². The molecule has 1 unspecified atom stereocenters. The molecule has 0 radical (unpaired) electrons. The third-order valence-corrected chi connectivity index (χ3v) is 4.11. The predicted octanol–water partition coefficient (Wildman–Crippen LogP) is 1.97. The molecule has 1 aliphatic rings. The van der Waals surface area contributed by atoms with Gasteiger partial charge in [-0.3, -0.25) is 9.59 Å². The van der Waals surface area contributed by atoms with E-state index in [0.717, 1.165) is 0 Å². The zero-order chi connectivity index (χ0) is 14.0. The second-order valence-electron chi connectivity index (χ2n) is 4.20. The van der Waals surface area contributed by atoms with Crippen molar-refractivity contribution in [3.05, 3.63) is 28.2 Å². The van der Waals surface area contributed by atoms with E-state index in [4.69, 9.17) is 11.6 Å². The molecule has 1 fully saturated rings. The molecule has 2 amide bonds. The SMILES string of the molecule is C=C1CCC(NC(=O)c2cc(Cl)sc2NC)C(=O)N1. The number of allylic oxidation sites excluding steroid dienone is 1. The number of carbonyl (C=O) groups excluding carboxylic acids is 2. The van der Waals surface area contributed by atoms with Crippen LogP contribution >= 0.6 is 22.9 Å². The van der Waals surface area contributed by atoms with Gasteiger partial charge in [-0.2, -0.15) is 0 Å². The summed E-state index contributed by atoms with van der Waals surface area (Å²) in [5.41, 5.74) is 1.14. The summed E-state index contributed by atoms with van der Waals surface area (Å²) in [7, 11) is 1.72. The Balaban J connectivity index is 2.08. The van der Waals surface area contributed by atoms with Crippen LogP contribution in [0.4, 0.5) is 5.00 Å². The minimum atomic E-state index is -0.526. The maximum absolute atomic E-state index is 12.1. The Morgan fingerprint density at radius 2 is 2.37 bits per heavy atom. The van der Waals surface area contributed by atoms with Crippen LogP contribution in [0.15, 0.2) is 18.3 Å². The van der Waals surface area contributed by atoms with Crippen LogP contribution in [0.3, 0.4) is 0 Å². The molecule has 1 saturated heterocycles. The lowest BCUT2D eigenvalue weighted by molar-refractivity contribution is -0.123. The molecule has 1 aromatic rings. The van der Waals surface area contributed by atoms with Gasteiger partial charge in [0.1, 0.15) is 11.0 Å². The van der Waals surface area contributed by atoms with E-state index >= 15 is 0 Å². The van der Waals surface area contributed by atoms with Gasteiger partial charge in [0.25, 0.3) is 5.91 Å². The number of anilines is 1. The average molecular weight is 300 g/mol. The molecule has 5 nitrogen and oxygen atoms in total. The summed E-state index contributed by atoms with van der Waals surface area (Å²) < 4.78 is 0.524. The fourth-order valence-corrected chi connectivity index (χ4v) is 2.94. The summed E-state index contributed by atoms with van der Waals surface area (Å²) in [6.45, 7) is 3.70. The molecule has 0 aliphatic carbocycles. The third kappa shape index (κ3) is 3.08. The number of piperidine rings is 1. The highest BCUT2D eigenvalue weighted by Crippen LogP contribution is 2.31. The van der Waals surface area contributed by atoms with Crippen molar-refractivity contribution in [3.8, 4) is 0 Å². The normalized spacial score (nSPS) is 18.9. The Morgan fingerprint density at radius 1 is 1.63 bits per heavy atom. The average Bonchev–Trinajstić information content (AvgIpc) is 2.74. The molecule has 1 aromatic heterocycles. The van der Waals surface area contributed by atoms with E-state index < -0.39 is 6.04 Å². The quantitative estimate of drug-likeness (QED) is 0.799. The van der Waals surface area contributed by atoms with Gasteiger partial charge < -0.3 is 16.0 Å². The highest BCUT2D eigenvalue weighted by atomic mass is 35.5. The van der Waals surface area contributed by atoms with Crippen molar-refractivity contribution in [2.24, 2.45) is 0 Å². The minimum absolute atomic E-state index is 0.225. The fraction of sp³-hybridized carbons (Fsp3) is 0.333. The number of halogens is 1. The van der Waals surface area contributed by atoms with Crippen LogP contribution < -0.4 is 16.0 Å². The Hall–Kier alpha value is -1.53. The Labute approximate surface area is 120 Å². The Morgan fingerprint density at radius 3 is 3.00 bits per heavy atom. The van der Waals surface area contributed by atoms with Crippen molar-refractivity contribution in [1.29, 1.82) is 0 Å². The molecular weight excluding hydrogens is 286 g/mol. The van der Waals surface area contributed by atoms with Gasteiger partial charge in [0.15, 0.2) is 0 Å². The number of nitrogens with one attached hydrogen (secondary N) is 3. The third-order valence-electron chi connectivity index (χ3n) is 2.83. The summed E-state index contributed by atoms with van der Waals surface area (Å²) in [5, 5.41) is 8.94. The van der Waals surface area contributed by atoms with Gasteiger partial charge in [0, 0.05) is 12.7 Å². The van der Waals surface area contributed by atoms with E-state index in [9.17, 15) is 9.59 Å². The van der Waals surface area contributed by atoms with Crippen LogP contribution in [-0.4, -0.2) is 24.9 Å². The molecule has 3 N–H and O–H groups in total. The number of amides is 2. The first-order valence-corrected chi connectivity index (χ1v) is 6.97. The Bertz CT molecular complexity index is 541. The van der Waals surface area contributed by atoms with Gasteiger partial charge >= 0.3 is 0 Å². The molecule has 0 spiro atoms. The van der Waals surface area contributed by atoms with E-state index in [1.165, 1.54) is 11.3 Å². The number of hydrogen-bond donors (Lipinski definition) is 3. The first-order valence-electron chi connectivity index (χ1n) is 5.78. The van der Waals surface area contributed by atoms with E-state index in [2.05, 4.69) is 22.5 Å². The van der Waals surface area contributed by atoms with Crippen molar-refractivity contribution in [2.75, 3.05) is 12.4 Å². The maximum atomic E-state index is 12.1. The van der Waals surface area contributed by atoms with E-state index in [-0.39, 0.29) is 11.8 Å². The highest BCUT2D eigenvalue weighted by molar-refractivity contribution is 7.20. The van der Waals surface area contributed by atoms with Gasteiger partial charge in [-0.25, -0.2) is 0 Å². The first kappa shape index (κ1) is 13.9. The number of carbonyl (C=O) groups is 2. The summed E-state index contributed by atoms with van der Waals surface area (Å²) >= 11 is 7.17. The van der Waals surface area contributed by atoms with Gasteiger partial charge in [-0.05, 0) is 18.9 Å². The molecule has 1 aliphatic heterocycles. The van der Waals surface area contributed by atoms with Crippen molar-refractivity contribution in [1.82, 2.24) is 10.6 Å². The van der Waals surface area contributed by atoms with Crippen LogP contribution in [-0.2, 0) is 4.79 Å². The predicted molar refractivity (Wildman–Crippen MR) is 76.6 cm³/mol. The minimum Gasteiger partial charge on any atom is -0.379 e. The summed E-state index contributed by atoms with van der Waals surface area (Å²) in [6, 6.07) is 1.06. The van der Waals surface area contributed by atoms with Gasteiger partial charge in [-0.1, -0.05) is 18.2 Å². The number of rotatable bonds is 3. The Kier molecular flexibility index (Phi) is 4.11. The van der Waals surface area contributed by atoms with Crippen molar-refractivity contribution in [2.45, 2.75) is 18.9 Å². The standard InChI is InChI=1S/C12H14ClN3O2S/c1-6-3-4-8(11(18)15-6)16-10(17)7-5-9(13)19-12(7)14-2/h5,8,14H,1,3-4H2,2H3,(H,15,18)(H,16,17). The second-order valence-corrected chi connectivity index (χ2v) is 5.88. The van der Waals surface area contributed by atoms with E-state index in [0.29, 0.717) is 33.4 Å². The number of hydrogen-bond acceptors (Lipinski definition) is 4. The van der Waals surface area contributed by atoms with Crippen LogP contribution in [0.2, 0.25) is 4.34 Å². The molecular formula is C12H14ClN3O2S. The van der Waals surface area contributed by atoms with Gasteiger partial charge in [0.05, 0.1) is 9.90 Å². The maximum Gasteiger partial charge on any atom is 0.254 e. The van der Waals surface area contributed by atoms with Crippen LogP contribution in [0.5, 0.6) is 0 Å². The monoisotopic (exact) mass is 299 g/mol. The molecule has 2 heterocycles. The second kappa shape index (κ2) is 5.63. The molecule has 0 saturated carbocycles.